The molecule has 0 aliphatic carbocycles. The molecule has 0 fully saturated rings. The number of hydrogen-bond donors (Lipinski definition) is 0. The summed E-state index contributed by atoms with van der Waals surface area (Å²) < 4.78 is 1.76. The first-order valence-electron chi connectivity index (χ1n) is 4.06. The van der Waals surface area contributed by atoms with Gasteiger partial charge in [0.2, 0.25) is 6.20 Å². The van der Waals surface area contributed by atoms with Crippen LogP contribution >= 0.6 is 0 Å². The first kappa shape index (κ1) is 9.44. The molecule has 5 nitrogen and oxygen atoms in total. The maximum absolute atomic E-state index is 10.00. The molecule has 0 aliphatic rings. The maximum Gasteiger partial charge on any atom is 0.235 e. The largest absolute Gasteiger partial charge is 0.272 e. The zero-order chi connectivity index (χ0) is 9.68. The Morgan fingerprint density at radius 3 is 3.15 bits per heavy atom. The van der Waals surface area contributed by atoms with Crippen molar-refractivity contribution in [2.75, 3.05) is 0 Å². The van der Waals surface area contributed by atoms with Gasteiger partial charge in [-0.3, -0.25) is 14.8 Å². The molecule has 13 heavy (non-hydrogen) atoms. The average Bonchev–Trinajstić information content (AvgIpc) is 2.50. The Labute approximate surface area is 75.8 Å². The summed E-state index contributed by atoms with van der Waals surface area (Å²) >= 11 is 0. The molecule has 0 N–H and O–H groups in total. The van der Waals surface area contributed by atoms with E-state index in [4.69, 9.17) is 0 Å². The summed E-state index contributed by atoms with van der Waals surface area (Å²) in [7, 11) is 0. The van der Waals surface area contributed by atoms with E-state index in [1.54, 1.807) is 17.1 Å². The van der Waals surface area contributed by atoms with Crippen molar-refractivity contribution >= 4 is 6.08 Å². The Morgan fingerprint density at radius 2 is 2.54 bits per heavy atom. The summed E-state index contributed by atoms with van der Waals surface area (Å²) in [6, 6.07) is 0. The fourth-order valence-electron chi connectivity index (χ4n) is 0.964. The average molecular weight is 181 g/mol. The van der Waals surface area contributed by atoms with E-state index in [1.807, 2.05) is 6.92 Å². The molecule has 1 rings (SSSR count). The molecule has 1 aromatic heterocycles. The summed E-state index contributed by atoms with van der Waals surface area (Å²) in [4.78, 5) is 9.51. The molecule has 70 valence electrons. The van der Waals surface area contributed by atoms with Crippen molar-refractivity contribution in [3.05, 3.63) is 34.3 Å². The molecule has 1 aromatic rings. The molecule has 0 spiro atoms. The van der Waals surface area contributed by atoms with Gasteiger partial charge >= 0.3 is 0 Å². The monoisotopic (exact) mass is 181 g/mol. The minimum atomic E-state index is -0.489. The van der Waals surface area contributed by atoms with Crippen LogP contribution in [0.2, 0.25) is 0 Å². The lowest BCUT2D eigenvalue weighted by molar-refractivity contribution is -0.400. The Morgan fingerprint density at radius 1 is 1.77 bits per heavy atom. The number of nitrogens with zero attached hydrogens (tertiary/aromatic N) is 3. The van der Waals surface area contributed by atoms with Crippen molar-refractivity contribution in [1.29, 1.82) is 0 Å². The molecule has 0 bridgehead atoms. The van der Waals surface area contributed by atoms with Crippen LogP contribution in [0.3, 0.4) is 0 Å². The summed E-state index contributed by atoms with van der Waals surface area (Å²) in [5.74, 6) is 0. The smallest absolute Gasteiger partial charge is 0.235 e. The van der Waals surface area contributed by atoms with Crippen LogP contribution in [0.5, 0.6) is 0 Å². The summed E-state index contributed by atoms with van der Waals surface area (Å²) in [6.07, 6.45) is 6.73. The van der Waals surface area contributed by atoms with Gasteiger partial charge in [-0.25, -0.2) is 0 Å². The molecule has 0 atom stereocenters. The second-order valence-electron chi connectivity index (χ2n) is 2.64. The van der Waals surface area contributed by atoms with Crippen LogP contribution < -0.4 is 0 Å². The van der Waals surface area contributed by atoms with Crippen molar-refractivity contribution in [3.63, 3.8) is 0 Å². The van der Waals surface area contributed by atoms with E-state index in [9.17, 15) is 10.1 Å². The summed E-state index contributed by atoms with van der Waals surface area (Å²) in [5, 5.41) is 14.0. The third kappa shape index (κ3) is 3.06. The number of rotatable bonds is 4. The van der Waals surface area contributed by atoms with Crippen LogP contribution in [-0.2, 0) is 6.54 Å². The zero-order valence-electron chi connectivity index (χ0n) is 7.38. The van der Waals surface area contributed by atoms with Crippen molar-refractivity contribution in [2.45, 2.75) is 19.9 Å². The third-order valence-corrected chi connectivity index (χ3v) is 1.49. The fraction of sp³-hybridized carbons (Fsp3) is 0.375. The molecule has 0 saturated heterocycles. The Balaban J connectivity index is 2.63. The van der Waals surface area contributed by atoms with Crippen molar-refractivity contribution in [3.8, 4) is 0 Å². The minimum Gasteiger partial charge on any atom is -0.272 e. The van der Waals surface area contributed by atoms with Gasteiger partial charge in [0, 0.05) is 24.4 Å². The van der Waals surface area contributed by atoms with Crippen LogP contribution in [0.15, 0.2) is 18.6 Å². The second kappa shape index (κ2) is 4.39. The summed E-state index contributed by atoms with van der Waals surface area (Å²) in [6.45, 7) is 2.89. The molecule has 0 amide bonds. The summed E-state index contributed by atoms with van der Waals surface area (Å²) in [5.41, 5.74) is 0.755. The van der Waals surface area contributed by atoms with Crippen LogP contribution in [0.4, 0.5) is 0 Å². The Bertz CT molecular complexity index is 317. The molecule has 1 heterocycles. The van der Waals surface area contributed by atoms with Crippen LogP contribution in [0.1, 0.15) is 18.9 Å². The second-order valence-corrected chi connectivity index (χ2v) is 2.64. The van der Waals surface area contributed by atoms with E-state index in [0.29, 0.717) is 0 Å². The van der Waals surface area contributed by atoms with Gasteiger partial charge in [-0.1, -0.05) is 6.92 Å². The quantitative estimate of drug-likeness (QED) is 0.522. The van der Waals surface area contributed by atoms with Gasteiger partial charge in [0.05, 0.1) is 11.1 Å². The van der Waals surface area contributed by atoms with Gasteiger partial charge in [0.15, 0.2) is 0 Å². The maximum atomic E-state index is 10.00. The van der Waals surface area contributed by atoms with E-state index < -0.39 is 4.92 Å². The SMILES string of the molecule is CCCn1cc(/C=C/[N+](=O)[O-])cn1. The minimum absolute atomic E-state index is 0.489. The number of hydrogen-bond acceptors (Lipinski definition) is 3. The van der Waals surface area contributed by atoms with Crippen molar-refractivity contribution < 1.29 is 4.92 Å². The molecule has 0 unspecified atom stereocenters. The predicted octanol–water partition coefficient (Wildman–Crippen LogP) is 1.54. The van der Waals surface area contributed by atoms with Gasteiger partial charge in [-0.2, -0.15) is 5.10 Å². The highest BCUT2D eigenvalue weighted by molar-refractivity contribution is 5.44. The first-order chi connectivity index (χ1) is 6.22. The normalized spacial score (nSPS) is 10.8. The van der Waals surface area contributed by atoms with E-state index in [-0.39, 0.29) is 0 Å². The van der Waals surface area contributed by atoms with Crippen LogP contribution in [0.25, 0.3) is 6.08 Å². The lowest BCUT2D eigenvalue weighted by Gasteiger charge is -1.93. The van der Waals surface area contributed by atoms with Gasteiger partial charge in [0.1, 0.15) is 0 Å². The zero-order valence-corrected chi connectivity index (χ0v) is 7.38. The van der Waals surface area contributed by atoms with Gasteiger partial charge in [-0.15, -0.1) is 0 Å². The topological polar surface area (TPSA) is 61.0 Å². The van der Waals surface area contributed by atoms with Crippen molar-refractivity contribution in [1.82, 2.24) is 9.78 Å². The lowest BCUT2D eigenvalue weighted by atomic mass is 10.3. The van der Waals surface area contributed by atoms with E-state index in [0.717, 1.165) is 24.7 Å². The van der Waals surface area contributed by atoms with E-state index >= 15 is 0 Å². The number of nitro groups is 1. The highest BCUT2D eigenvalue weighted by Crippen LogP contribution is 2.00. The molecule has 0 aromatic carbocycles. The third-order valence-electron chi connectivity index (χ3n) is 1.49. The standard InChI is InChI=1S/C8H11N3O2/c1-2-4-10-7-8(6-9-10)3-5-11(12)13/h3,5-7H,2,4H2,1H3/b5-3+. The molecule has 0 radical (unpaired) electrons. The predicted molar refractivity (Wildman–Crippen MR) is 48.5 cm³/mol. The molecule has 0 aliphatic heterocycles. The molecular weight excluding hydrogens is 170 g/mol. The van der Waals surface area contributed by atoms with E-state index in [2.05, 4.69) is 5.10 Å². The Kier molecular flexibility index (Phi) is 3.19. The van der Waals surface area contributed by atoms with Gasteiger partial charge in [-0.05, 0) is 6.42 Å². The highest BCUT2D eigenvalue weighted by atomic mass is 16.6. The van der Waals surface area contributed by atoms with Crippen LogP contribution in [0, 0.1) is 10.1 Å². The van der Waals surface area contributed by atoms with E-state index in [1.165, 1.54) is 6.08 Å². The first-order valence-corrected chi connectivity index (χ1v) is 4.06. The highest BCUT2D eigenvalue weighted by Gasteiger charge is 1.95. The molecule has 0 saturated carbocycles. The number of aryl methyl sites for hydroxylation is 1. The fourth-order valence-corrected chi connectivity index (χ4v) is 0.964. The molecule has 5 heteroatoms. The van der Waals surface area contributed by atoms with Gasteiger partial charge in [0.25, 0.3) is 0 Å². The van der Waals surface area contributed by atoms with Crippen LogP contribution in [-0.4, -0.2) is 14.7 Å². The molecular formula is C8H11N3O2. The van der Waals surface area contributed by atoms with Gasteiger partial charge < -0.3 is 0 Å². The lowest BCUT2D eigenvalue weighted by Crippen LogP contribution is -1.95. The number of aromatic nitrogens is 2. The Hall–Kier alpha value is -1.65. The van der Waals surface area contributed by atoms with Crippen molar-refractivity contribution in [2.24, 2.45) is 0 Å².